The van der Waals surface area contributed by atoms with Crippen LogP contribution in [0.15, 0.2) is 23.1 Å². The van der Waals surface area contributed by atoms with E-state index >= 15 is 0 Å². The van der Waals surface area contributed by atoms with Crippen molar-refractivity contribution >= 4 is 15.9 Å². The molecule has 1 aromatic carbocycles. The Morgan fingerprint density at radius 3 is 2.61 bits per heavy atom. The van der Waals surface area contributed by atoms with E-state index in [-0.39, 0.29) is 22.6 Å². The lowest BCUT2D eigenvalue weighted by atomic mass is 10.1. The van der Waals surface area contributed by atoms with Crippen LogP contribution in [0.3, 0.4) is 0 Å². The third-order valence-electron chi connectivity index (χ3n) is 4.06. The number of nitrogens with zero attached hydrogens (tertiary/aromatic N) is 2. The average molecular weight is 341 g/mol. The highest BCUT2D eigenvalue weighted by atomic mass is 32.2. The van der Waals surface area contributed by atoms with Crippen molar-refractivity contribution in [2.45, 2.75) is 17.9 Å². The molecule has 2 rings (SSSR count). The minimum absolute atomic E-state index is 0.0323. The third-order valence-corrected chi connectivity index (χ3v) is 5.50. The van der Waals surface area contributed by atoms with Gasteiger partial charge in [0.15, 0.2) is 0 Å². The van der Waals surface area contributed by atoms with Crippen molar-refractivity contribution in [1.29, 1.82) is 0 Å². The summed E-state index contributed by atoms with van der Waals surface area (Å²) in [6.07, 6.45) is 0. The standard InChI is InChI=1S/C15H23N3O4S/c1-11-10-17(3)7-8-18(11)15(19)12-5-6-13(22-4)14(9-12)23(20,21)16-2/h5-6,9,11,16H,7-8,10H2,1-4H3/t11-/m0/s1. The zero-order chi connectivity index (χ0) is 17.2. The van der Waals surface area contributed by atoms with Crippen LogP contribution < -0.4 is 9.46 Å². The number of piperazine rings is 1. The van der Waals surface area contributed by atoms with E-state index in [4.69, 9.17) is 4.74 Å². The van der Waals surface area contributed by atoms with Gasteiger partial charge in [-0.05, 0) is 39.2 Å². The van der Waals surface area contributed by atoms with Gasteiger partial charge in [0.1, 0.15) is 10.6 Å². The Balaban J connectivity index is 2.37. The first-order valence-corrected chi connectivity index (χ1v) is 8.89. The topological polar surface area (TPSA) is 79.0 Å². The van der Waals surface area contributed by atoms with Gasteiger partial charge in [-0.15, -0.1) is 0 Å². The summed E-state index contributed by atoms with van der Waals surface area (Å²) in [4.78, 5) is 16.6. The molecule has 0 aromatic heterocycles. The molecular weight excluding hydrogens is 318 g/mol. The van der Waals surface area contributed by atoms with Gasteiger partial charge in [-0.1, -0.05) is 0 Å². The summed E-state index contributed by atoms with van der Waals surface area (Å²) in [7, 11) is 1.04. The van der Waals surface area contributed by atoms with E-state index in [0.717, 1.165) is 13.1 Å². The number of hydrogen-bond acceptors (Lipinski definition) is 5. The Bertz CT molecular complexity index is 690. The summed E-state index contributed by atoms with van der Waals surface area (Å²) in [6, 6.07) is 4.56. The maximum atomic E-state index is 12.7. The number of carbonyl (C=O) groups is 1. The molecule has 0 saturated carbocycles. The smallest absolute Gasteiger partial charge is 0.254 e. The number of ether oxygens (including phenoxy) is 1. The van der Waals surface area contributed by atoms with Crippen molar-refractivity contribution in [2.75, 3.05) is 40.8 Å². The van der Waals surface area contributed by atoms with Gasteiger partial charge < -0.3 is 14.5 Å². The van der Waals surface area contributed by atoms with Gasteiger partial charge in [0.25, 0.3) is 5.91 Å². The maximum Gasteiger partial charge on any atom is 0.254 e. The largest absolute Gasteiger partial charge is 0.495 e. The summed E-state index contributed by atoms with van der Waals surface area (Å²) in [5, 5.41) is 0. The molecule has 7 nitrogen and oxygen atoms in total. The van der Waals surface area contributed by atoms with Crippen LogP contribution in [0.4, 0.5) is 0 Å². The zero-order valence-corrected chi connectivity index (χ0v) is 14.7. The second-order valence-electron chi connectivity index (χ2n) is 5.68. The van der Waals surface area contributed by atoms with Crippen LogP contribution in [0.2, 0.25) is 0 Å². The van der Waals surface area contributed by atoms with E-state index in [2.05, 4.69) is 9.62 Å². The molecule has 0 radical (unpaired) electrons. The lowest BCUT2D eigenvalue weighted by Crippen LogP contribution is -2.52. The number of benzene rings is 1. The number of rotatable bonds is 4. The van der Waals surface area contributed by atoms with Gasteiger partial charge in [-0.25, -0.2) is 13.1 Å². The SMILES string of the molecule is CNS(=O)(=O)c1cc(C(=O)N2CCN(C)C[C@@H]2C)ccc1OC. The monoisotopic (exact) mass is 341 g/mol. The van der Waals surface area contributed by atoms with Crippen molar-refractivity contribution in [1.82, 2.24) is 14.5 Å². The van der Waals surface area contributed by atoms with E-state index < -0.39 is 10.0 Å². The number of carbonyl (C=O) groups excluding carboxylic acids is 1. The molecule has 1 aliphatic rings. The highest BCUT2D eigenvalue weighted by Crippen LogP contribution is 2.26. The summed E-state index contributed by atoms with van der Waals surface area (Å²) < 4.78 is 31.6. The predicted octanol–water partition coefficient (Wildman–Crippen LogP) is 0.379. The Hall–Kier alpha value is -1.64. The van der Waals surface area contributed by atoms with Crippen molar-refractivity contribution in [3.05, 3.63) is 23.8 Å². The van der Waals surface area contributed by atoms with E-state index in [1.807, 2.05) is 14.0 Å². The van der Waals surface area contributed by atoms with Crippen molar-refractivity contribution in [3.63, 3.8) is 0 Å². The zero-order valence-electron chi connectivity index (χ0n) is 13.9. The molecule has 1 aliphatic heterocycles. The molecule has 8 heteroatoms. The Labute approximate surface area is 137 Å². The molecule has 0 spiro atoms. The van der Waals surface area contributed by atoms with E-state index in [1.54, 1.807) is 11.0 Å². The number of methoxy groups -OCH3 is 1. The molecule has 1 saturated heterocycles. The number of amides is 1. The molecule has 1 amide bonds. The van der Waals surface area contributed by atoms with Gasteiger partial charge in [-0.3, -0.25) is 4.79 Å². The number of likely N-dealkylation sites (N-methyl/N-ethyl adjacent to an activating group) is 1. The first-order chi connectivity index (χ1) is 10.8. The van der Waals surface area contributed by atoms with Crippen LogP contribution in [0.25, 0.3) is 0 Å². The molecule has 1 fully saturated rings. The molecule has 128 valence electrons. The van der Waals surface area contributed by atoms with Crippen LogP contribution in [0.5, 0.6) is 5.75 Å². The van der Waals surface area contributed by atoms with Gasteiger partial charge in [0.2, 0.25) is 10.0 Å². The Morgan fingerprint density at radius 1 is 1.35 bits per heavy atom. The fourth-order valence-corrected chi connectivity index (χ4v) is 3.66. The van der Waals surface area contributed by atoms with E-state index in [0.29, 0.717) is 12.1 Å². The molecule has 0 aliphatic carbocycles. The van der Waals surface area contributed by atoms with E-state index in [9.17, 15) is 13.2 Å². The van der Waals surface area contributed by atoms with E-state index in [1.165, 1.54) is 26.3 Å². The number of hydrogen-bond donors (Lipinski definition) is 1. The van der Waals surface area contributed by atoms with Crippen LogP contribution in [0.1, 0.15) is 17.3 Å². The normalized spacial score (nSPS) is 19.7. The second-order valence-corrected chi connectivity index (χ2v) is 7.54. The minimum Gasteiger partial charge on any atom is -0.495 e. The fraction of sp³-hybridized carbons (Fsp3) is 0.533. The van der Waals surface area contributed by atoms with Crippen molar-refractivity contribution in [2.24, 2.45) is 0 Å². The van der Waals surface area contributed by atoms with Crippen molar-refractivity contribution < 1.29 is 17.9 Å². The lowest BCUT2D eigenvalue weighted by molar-refractivity contribution is 0.0533. The second kappa shape index (κ2) is 6.86. The first kappa shape index (κ1) is 17.7. The molecule has 1 atom stereocenters. The molecule has 23 heavy (non-hydrogen) atoms. The van der Waals surface area contributed by atoms with Crippen LogP contribution >= 0.6 is 0 Å². The Morgan fingerprint density at radius 2 is 2.04 bits per heavy atom. The highest BCUT2D eigenvalue weighted by molar-refractivity contribution is 7.89. The van der Waals surface area contributed by atoms with Gasteiger partial charge in [0, 0.05) is 31.2 Å². The predicted molar refractivity (Wildman–Crippen MR) is 87.2 cm³/mol. The van der Waals surface area contributed by atoms with Gasteiger partial charge >= 0.3 is 0 Å². The summed E-state index contributed by atoms with van der Waals surface area (Å²) >= 11 is 0. The number of nitrogens with one attached hydrogen (secondary N) is 1. The minimum atomic E-state index is -3.70. The molecule has 1 heterocycles. The Kier molecular flexibility index (Phi) is 5.28. The van der Waals surface area contributed by atoms with Crippen molar-refractivity contribution in [3.8, 4) is 5.75 Å². The third kappa shape index (κ3) is 3.65. The maximum absolute atomic E-state index is 12.7. The average Bonchev–Trinajstić information content (AvgIpc) is 2.53. The molecule has 1 aromatic rings. The quantitative estimate of drug-likeness (QED) is 0.856. The molecule has 1 N–H and O–H groups in total. The van der Waals surface area contributed by atoms with Crippen LogP contribution in [-0.4, -0.2) is 71.0 Å². The fourth-order valence-electron chi connectivity index (χ4n) is 2.74. The number of sulfonamides is 1. The first-order valence-electron chi connectivity index (χ1n) is 7.41. The summed E-state index contributed by atoms with van der Waals surface area (Å²) in [5.41, 5.74) is 0.344. The highest BCUT2D eigenvalue weighted by Gasteiger charge is 2.28. The summed E-state index contributed by atoms with van der Waals surface area (Å²) in [5.74, 6) is 0.0446. The van der Waals surface area contributed by atoms with Crippen LogP contribution in [0, 0.1) is 0 Å². The molecular formula is C15H23N3O4S. The molecule has 0 bridgehead atoms. The molecule has 0 unspecified atom stereocenters. The lowest BCUT2D eigenvalue weighted by Gasteiger charge is -2.38. The summed E-state index contributed by atoms with van der Waals surface area (Å²) in [6.45, 7) is 4.20. The van der Waals surface area contributed by atoms with Crippen LogP contribution in [-0.2, 0) is 10.0 Å². The van der Waals surface area contributed by atoms with Gasteiger partial charge in [-0.2, -0.15) is 0 Å². The van der Waals surface area contributed by atoms with Gasteiger partial charge in [0.05, 0.1) is 7.11 Å².